The highest BCUT2D eigenvalue weighted by atomic mass is 79.9. The van der Waals surface area contributed by atoms with Crippen LogP contribution < -0.4 is 5.43 Å². The van der Waals surface area contributed by atoms with Gasteiger partial charge >= 0.3 is 0 Å². The van der Waals surface area contributed by atoms with Gasteiger partial charge in [-0.25, -0.2) is 5.43 Å². The lowest BCUT2D eigenvalue weighted by Crippen LogP contribution is -2.20. The summed E-state index contributed by atoms with van der Waals surface area (Å²) in [7, 11) is 0. The van der Waals surface area contributed by atoms with Gasteiger partial charge < -0.3 is 0 Å². The van der Waals surface area contributed by atoms with E-state index in [1.165, 1.54) is 18.0 Å². The molecule has 0 aliphatic carbocycles. The van der Waals surface area contributed by atoms with Crippen LogP contribution in [0.2, 0.25) is 10.0 Å². The molecular weight excluding hydrogens is 545 g/mol. The van der Waals surface area contributed by atoms with Gasteiger partial charge in [0.05, 0.1) is 22.0 Å². The van der Waals surface area contributed by atoms with Crippen LogP contribution in [0.1, 0.15) is 5.56 Å². The van der Waals surface area contributed by atoms with Crippen molar-refractivity contribution >= 4 is 63.0 Å². The zero-order chi connectivity index (χ0) is 23.2. The molecule has 0 aliphatic heterocycles. The first-order valence-corrected chi connectivity index (χ1v) is 12.2. The van der Waals surface area contributed by atoms with E-state index in [1.807, 2.05) is 59.2 Å². The fourth-order valence-corrected chi connectivity index (χ4v) is 4.43. The number of hydrogen-bond donors (Lipinski definition) is 1. The van der Waals surface area contributed by atoms with Crippen LogP contribution in [0.15, 0.2) is 87.5 Å². The third-order valence-electron chi connectivity index (χ3n) is 4.47. The van der Waals surface area contributed by atoms with E-state index in [2.05, 4.69) is 36.7 Å². The van der Waals surface area contributed by atoms with Crippen LogP contribution in [-0.2, 0) is 4.79 Å². The Kier molecular flexibility index (Phi) is 7.82. The molecule has 4 aromatic rings. The second-order valence-corrected chi connectivity index (χ2v) is 9.37. The zero-order valence-corrected chi connectivity index (χ0v) is 20.9. The molecule has 0 atom stereocenters. The quantitative estimate of drug-likeness (QED) is 0.165. The first kappa shape index (κ1) is 23.5. The maximum Gasteiger partial charge on any atom is 0.250 e. The predicted octanol–water partition coefficient (Wildman–Crippen LogP) is 6.25. The molecule has 0 bridgehead atoms. The molecule has 0 spiro atoms. The Morgan fingerprint density at radius 1 is 1.00 bits per heavy atom. The summed E-state index contributed by atoms with van der Waals surface area (Å²) in [6, 6.07) is 22.7. The first-order valence-electron chi connectivity index (χ1n) is 9.68. The summed E-state index contributed by atoms with van der Waals surface area (Å²) < 4.78 is 2.89. The van der Waals surface area contributed by atoms with Gasteiger partial charge in [0.15, 0.2) is 11.0 Å². The monoisotopic (exact) mass is 559 g/mol. The van der Waals surface area contributed by atoms with Gasteiger partial charge in [-0.1, -0.05) is 87.3 Å². The van der Waals surface area contributed by atoms with Gasteiger partial charge in [-0.2, -0.15) is 5.10 Å². The van der Waals surface area contributed by atoms with Gasteiger partial charge in [0.2, 0.25) is 0 Å². The minimum atomic E-state index is -0.300. The molecule has 1 heterocycles. The molecule has 0 unspecified atom stereocenters. The summed E-state index contributed by atoms with van der Waals surface area (Å²) in [6.45, 7) is 0. The van der Waals surface area contributed by atoms with E-state index in [0.717, 1.165) is 15.7 Å². The van der Waals surface area contributed by atoms with Gasteiger partial charge in [-0.05, 0) is 36.4 Å². The van der Waals surface area contributed by atoms with E-state index in [0.29, 0.717) is 26.6 Å². The van der Waals surface area contributed by atoms with E-state index in [4.69, 9.17) is 23.2 Å². The Morgan fingerprint density at radius 3 is 2.39 bits per heavy atom. The fraction of sp³-hybridized carbons (Fsp3) is 0.0435. The van der Waals surface area contributed by atoms with Crippen LogP contribution in [0.3, 0.4) is 0 Å². The smallest absolute Gasteiger partial charge is 0.250 e. The molecule has 1 aromatic heterocycles. The minimum Gasteiger partial charge on any atom is -0.272 e. The Labute approximate surface area is 213 Å². The van der Waals surface area contributed by atoms with Crippen molar-refractivity contribution in [3.8, 4) is 17.1 Å². The molecule has 10 heteroatoms. The molecule has 6 nitrogen and oxygen atoms in total. The average Bonchev–Trinajstić information content (AvgIpc) is 3.25. The Morgan fingerprint density at radius 2 is 1.70 bits per heavy atom. The normalized spacial score (nSPS) is 11.1. The van der Waals surface area contributed by atoms with Gasteiger partial charge in [-0.15, -0.1) is 10.2 Å². The summed E-state index contributed by atoms with van der Waals surface area (Å²) in [5, 5.41) is 14.2. The van der Waals surface area contributed by atoms with Crippen LogP contribution in [0.25, 0.3) is 17.1 Å². The first-order chi connectivity index (χ1) is 16.0. The predicted molar refractivity (Wildman–Crippen MR) is 137 cm³/mol. The Balaban J connectivity index is 1.51. The van der Waals surface area contributed by atoms with Crippen LogP contribution >= 0.6 is 50.9 Å². The number of hydrazone groups is 1. The summed E-state index contributed by atoms with van der Waals surface area (Å²) in [6.07, 6.45) is 1.42. The number of aromatic nitrogens is 3. The number of nitrogens with zero attached hydrogens (tertiary/aromatic N) is 4. The van der Waals surface area contributed by atoms with Crippen molar-refractivity contribution in [1.82, 2.24) is 20.2 Å². The highest BCUT2D eigenvalue weighted by Gasteiger charge is 2.17. The van der Waals surface area contributed by atoms with Crippen LogP contribution in [0.5, 0.6) is 0 Å². The number of nitrogens with one attached hydrogen (secondary N) is 1. The van der Waals surface area contributed by atoms with Crippen molar-refractivity contribution in [1.29, 1.82) is 0 Å². The van der Waals surface area contributed by atoms with E-state index >= 15 is 0 Å². The van der Waals surface area contributed by atoms with Crippen molar-refractivity contribution in [2.45, 2.75) is 5.16 Å². The number of carbonyl (C=O) groups excluding carboxylic acids is 1. The fourth-order valence-electron chi connectivity index (χ4n) is 2.93. The number of benzene rings is 3. The van der Waals surface area contributed by atoms with Crippen molar-refractivity contribution < 1.29 is 4.79 Å². The van der Waals surface area contributed by atoms with Crippen LogP contribution in [0, 0.1) is 0 Å². The number of thioether (sulfide) groups is 1. The molecule has 0 saturated carbocycles. The Hall–Kier alpha value is -2.65. The third-order valence-corrected chi connectivity index (χ3v) is 6.58. The molecular formula is C23H16BrCl2N5OS. The second-order valence-electron chi connectivity index (χ2n) is 6.70. The van der Waals surface area contributed by atoms with Gasteiger partial charge in [-0.3, -0.25) is 9.36 Å². The van der Waals surface area contributed by atoms with Crippen LogP contribution in [0.4, 0.5) is 0 Å². The number of halogens is 3. The van der Waals surface area contributed by atoms with Crippen molar-refractivity contribution in [3.63, 3.8) is 0 Å². The standard InChI is InChI=1S/C23H16BrCl2N5OS/c24-16-9-11-17(12-10-16)31-22(15-5-2-1-3-6-15)29-30-23(31)33-14-21(32)28-27-13-18-19(25)7-4-8-20(18)26/h1-13H,14H2,(H,28,32)/b27-13-. The van der Waals surface area contributed by atoms with Crippen molar-refractivity contribution in [3.05, 3.63) is 92.9 Å². The number of carbonyl (C=O) groups is 1. The van der Waals surface area contributed by atoms with E-state index in [-0.39, 0.29) is 11.7 Å². The van der Waals surface area contributed by atoms with E-state index in [9.17, 15) is 4.79 Å². The molecule has 4 rings (SSSR count). The zero-order valence-electron chi connectivity index (χ0n) is 17.0. The summed E-state index contributed by atoms with van der Waals surface area (Å²) >= 11 is 16.9. The molecule has 0 saturated heterocycles. The van der Waals surface area contributed by atoms with Gasteiger partial charge in [0.25, 0.3) is 5.91 Å². The summed E-state index contributed by atoms with van der Waals surface area (Å²) in [5.74, 6) is 0.482. The maximum atomic E-state index is 12.4. The lowest BCUT2D eigenvalue weighted by molar-refractivity contribution is -0.118. The SMILES string of the molecule is O=C(CSc1nnc(-c2ccccc2)n1-c1ccc(Br)cc1)N/N=C\c1c(Cl)cccc1Cl. The minimum absolute atomic E-state index is 0.0943. The lowest BCUT2D eigenvalue weighted by atomic mass is 10.2. The number of hydrogen-bond acceptors (Lipinski definition) is 5. The lowest BCUT2D eigenvalue weighted by Gasteiger charge is -2.10. The third kappa shape index (κ3) is 5.83. The van der Waals surface area contributed by atoms with Crippen LogP contribution in [-0.4, -0.2) is 32.6 Å². The van der Waals surface area contributed by atoms with Gasteiger partial charge in [0.1, 0.15) is 0 Å². The maximum absolute atomic E-state index is 12.4. The topological polar surface area (TPSA) is 72.2 Å². The molecule has 166 valence electrons. The summed E-state index contributed by atoms with van der Waals surface area (Å²) in [5.41, 5.74) is 4.84. The van der Waals surface area contributed by atoms with E-state index < -0.39 is 0 Å². The highest BCUT2D eigenvalue weighted by Crippen LogP contribution is 2.28. The average molecular weight is 561 g/mol. The number of rotatable bonds is 7. The van der Waals surface area contributed by atoms with E-state index in [1.54, 1.807) is 18.2 Å². The van der Waals surface area contributed by atoms with Crippen molar-refractivity contribution in [2.75, 3.05) is 5.75 Å². The molecule has 0 aliphatic rings. The molecule has 1 amide bonds. The Bertz CT molecular complexity index is 1280. The summed E-state index contributed by atoms with van der Waals surface area (Å²) in [4.78, 5) is 12.4. The highest BCUT2D eigenvalue weighted by molar-refractivity contribution is 9.10. The second kappa shape index (κ2) is 11.0. The molecule has 0 radical (unpaired) electrons. The molecule has 0 fully saturated rings. The molecule has 1 N–H and O–H groups in total. The molecule has 33 heavy (non-hydrogen) atoms. The molecule has 3 aromatic carbocycles. The van der Waals surface area contributed by atoms with Crippen molar-refractivity contribution in [2.24, 2.45) is 5.10 Å². The van der Waals surface area contributed by atoms with Gasteiger partial charge in [0, 0.05) is 21.3 Å². The largest absolute Gasteiger partial charge is 0.272 e. The number of amides is 1.